The summed E-state index contributed by atoms with van der Waals surface area (Å²) in [6.45, 7) is 4.06. The number of hydrogen-bond acceptors (Lipinski definition) is 3. The van der Waals surface area contributed by atoms with Gasteiger partial charge < -0.3 is 0 Å². The Morgan fingerprint density at radius 1 is 1.31 bits per heavy atom. The minimum Gasteiger partial charge on any atom is -0.260 e. The molecule has 1 heterocycles. The topological polar surface area (TPSA) is 54.5 Å². The van der Waals surface area contributed by atoms with Crippen LogP contribution < -0.4 is 0 Å². The zero-order valence-electron chi connectivity index (χ0n) is 7.31. The van der Waals surface area contributed by atoms with Crippen molar-refractivity contribution in [2.45, 2.75) is 6.42 Å². The highest BCUT2D eigenvalue weighted by Crippen LogP contribution is 2.08. The van der Waals surface area contributed by atoms with Crippen LogP contribution in [0.25, 0.3) is 0 Å². The van der Waals surface area contributed by atoms with Gasteiger partial charge in [-0.25, -0.2) is 8.42 Å². The SMILES string of the molecule is C=CS(=O)(=O)N1CCCS(=O)CC1. The number of sulfonamides is 1. The minimum atomic E-state index is -3.31. The highest BCUT2D eigenvalue weighted by molar-refractivity contribution is 7.92. The lowest BCUT2D eigenvalue weighted by molar-refractivity contribution is 0.442. The third-order valence-electron chi connectivity index (χ3n) is 1.92. The van der Waals surface area contributed by atoms with E-state index in [2.05, 4.69) is 6.58 Å². The maximum atomic E-state index is 11.3. The van der Waals surface area contributed by atoms with Gasteiger partial charge in [-0.05, 0) is 6.42 Å². The van der Waals surface area contributed by atoms with Gasteiger partial charge in [-0.2, -0.15) is 4.31 Å². The van der Waals surface area contributed by atoms with E-state index >= 15 is 0 Å². The van der Waals surface area contributed by atoms with Crippen LogP contribution in [-0.4, -0.2) is 41.5 Å². The summed E-state index contributed by atoms with van der Waals surface area (Å²) in [4.78, 5) is 0. The molecule has 4 nitrogen and oxygen atoms in total. The molecule has 0 saturated carbocycles. The molecule has 1 aliphatic heterocycles. The lowest BCUT2D eigenvalue weighted by Gasteiger charge is -2.15. The molecule has 0 aromatic carbocycles. The lowest BCUT2D eigenvalue weighted by Crippen LogP contribution is -2.31. The van der Waals surface area contributed by atoms with Gasteiger partial charge in [0.15, 0.2) is 0 Å². The van der Waals surface area contributed by atoms with E-state index < -0.39 is 20.8 Å². The smallest absolute Gasteiger partial charge is 0.235 e. The Morgan fingerprint density at radius 2 is 2.00 bits per heavy atom. The van der Waals surface area contributed by atoms with Crippen molar-refractivity contribution in [3.63, 3.8) is 0 Å². The fraction of sp³-hybridized carbons (Fsp3) is 0.714. The first kappa shape index (κ1) is 10.9. The van der Waals surface area contributed by atoms with Crippen LogP contribution in [0.3, 0.4) is 0 Å². The van der Waals surface area contributed by atoms with Crippen molar-refractivity contribution < 1.29 is 12.6 Å². The lowest BCUT2D eigenvalue weighted by atomic mass is 10.5. The van der Waals surface area contributed by atoms with Crippen LogP contribution in [0.4, 0.5) is 0 Å². The molecule has 0 aromatic rings. The van der Waals surface area contributed by atoms with E-state index in [0.29, 0.717) is 31.0 Å². The molecule has 76 valence electrons. The Labute approximate surface area is 81.1 Å². The summed E-state index contributed by atoms with van der Waals surface area (Å²) in [5, 5.41) is 0.946. The maximum Gasteiger partial charge on any atom is 0.235 e. The van der Waals surface area contributed by atoms with Crippen molar-refractivity contribution in [1.29, 1.82) is 0 Å². The first-order valence-corrected chi connectivity index (χ1v) is 7.03. The van der Waals surface area contributed by atoms with E-state index in [1.807, 2.05) is 0 Å². The minimum absolute atomic E-state index is 0.348. The second kappa shape index (κ2) is 4.34. The molecule has 0 radical (unpaired) electrons. The molecule has 0 spiro atoms. The molecule has 0 aromatic heterocycles. The molecule has 1 fully saturated rings. The van der Waals surface area contributed by atoms with Crippen molar-refractivity contribution in [3.05, 3.63) is 12.0 Å². The molecular formula is C7H13NO3S2. The van der Waals surface area contributed by atoms with Gasteiger partial charge in [0, 0.05) is 40.8 Å². The molecular weight excluding hydrogens is 210 g/mol. The van der Waals surface area contributed by atoms with Crippen molar-refractivity contribution in [1.82, 2.24) is 4.31 Å². The molecule has 0 N–H and O–H groups in total. The fourth-order valence-electron chi connectivity index (χ4n) is 1.18. The summed E-state index contributed by atoms with van der Waals surface area (Å²) < 4.78 is 35.1. The van der Waals surface area contributed by atoms with Crippen LogP contribution in [-0.2, 0) is 20.8 Å². The Balaban J connectivity index is 2.72. The molecule has 1 aliphatic rings. The van der Waals surface area contributed by atoms with Gasteiger partial charge in [-0.15, -0.1) is 0 Å². The Hall–Kier alpha value is -0.200. The summed E-state index contributed by atoms with van der Waals surface area (Å²) in [6.07, 6.45) is 0.666. The molecule has 1 unspecified atom stereocenters. The average Bonchev–Trinajstić information content (AvgIpc) is 2.30. The van der Waals surface area contributed by atoms with Crippen LogP contribution in [0, 0.1) is 0 Å². The number of hydrogen-bond donors (Lipinski definition) is 0. The predicted molar refractivity (Wildman–Crippen MR) is 53.2 cm³/mol. The number of nitrogens with zero attached hydrogens (tertiary/aromatic N) is 1. The Bertz CT molecular complexity index is 310. The van der Waals surface area contributed by atoms with Gasteiger partial charge in [-0.1, -0.05) is 6.58 Å². The van der Waals surface area contributed by atoms with E-state index in [0.717, 1.165) is 5.41 Å². The van der Waals surface area contributed by atoms with Crippen molar-refractivity contribution in [3.8, 4) is 0 Å². The standard InChI is InChI=1S/C7H13NO3S2/c1-2-13(10,11)8-4-3-6-12(9)7-5-8/h2H,1,3-7H2. The quantitative estimate of drug-likeness (QED) is 0.657. The summed E-state index contributed by atoms with van der Waals surface area (Å²) >= 11 is 0. The van der Waals surface area contributed by atoms with Crippen LogP contribution in [0.2, 0.25) is 0 Å². The van der Waals surface area contributed by atoms with Crippen LogP contribution in [0.1, 0.15) is 6.42 Å². The molecule has 6 heteroatoms. The van der Waals surface area contributed by atoms with Crippen molar-refractivity contribution in [2.24, 2.45) is 0 Å². The normalized spacial score (nSPS) is 26.6. The predicted octanol–water partition coefficient (Wildman–Crippen LogP) is -0.0859. The molecule has 0 aliphatic carbocycles. The van der Waals surface area contributed by atoms with Gasteiger partial charge >= 0.3 is 0 Å². The Kier molecular flexibility index (Phi) is 3.63. The van der Waals surface area contributed by atoms with Gasteiger partial charge in [0.05, 0.1) is 0 Å². The van der Waals surface area contributed by atoms with E-state index in [9.17, 15) is 12.6 Å². The molecule has 0 bridgehead atoms. The van der Waals surface area contributed by atoms with Gasteiger partial charge in [-0.3, -0.25) is 4.21 Å². The van der Waals surface area contributed by atoms with Crippen LogP contribution >= 0.6 is 0 Å². The zero-order chi connectivity index (χ0) is 9.90. The third kappa shape index (κ3) is 2.89. The van der Waals surface area contributed by atoms with E-state index in [-0.39, 0.29) is 0 Å². The third-order valence-corrected chi connectivity index (χ3v) is 4.81. The van der Waals surface area contributed by atoms with Gasteiger partial charge in [0.2, 0.25) is 10.0 Å². The second-order valence-corrected chi connectivity index (χ2v) is 6.39. The Morgan fingerprint density at radius 3 is 2.62 bits per heavy atom. The van der Waals surface area contributed by atoms with Crippen molar-refractivity contribution in [2.75, 3.05) is 24.6 Å². The largest absolute Gasteiger partial charge is 0.260 e. The van der Waals surface area contributed by atoms with Crippen LogP contribution in [0.5, 0.6) is 0 Å². The van der Waals surface area contributed by atoms with Gasteiger partial charge in [0.1, 0.15) is 0 Å². The maximum absolute atomic E-state index is 11.3. The molecule has 13 heavy (non-hydrogen) atoms. The van der Waals surface area contributed by atoms with E-state index in [4.69, 9.17) is 0 Å². The summed E-state index contributed by atoms with van der Waals surface area (Å²) in [7, 11) is -4.16. The summed E-state index contributed by atoms with van der Waals surface area (Å²) in [5.41, 5.74) is 0. The first-order valence-electron chi connectivity index (χ1n) is 4.04. The molecule has 1 rings (SSSR count). The second-order valence-electron chi connectivity index (χ2n) is 2.81. The fourth-order valence-corrected chi connectivity index (χ4v) is 3.31. The molecule has 1 atom stereocenters. The number of rotatable bonds is 2. The average molecular weight is 223 g/mol. The summed E-state index contributed by atoms with van der Waals surface area (Å²) in [5.74, 6) is 1.04. The highest BCUT2D eigenvalue weighted by atomic mass is 32.2. The molecule has 1 saturated heterocycles. The monoisotopic (exact) mass is 223 g/mol. The van der Waals surface area contributed by atoms with E-state index in [1.54, 1.807) is 0 Å². The van der Waals surface area contributed by atoms with E-state index in [1.165, 1.54) is 4.31 Å². The highest BCUT2D eigenvalue weighted by Gasteiger charge is 2.21. The zero-order valence-corrected chi connectivity index (χ0v) is 8.94. The summed E-state index contributed by atoms with van der Waals surface area (Å²) in [6, 6.07) is 0. The van der Waals surface area contributed by atoms with Gasteiger partial charge in [0.25, 0.3) is 0 Å². The van der Waals surface area contributed by atoms with Crippen LogP contribution in [0.15, 0.2) is 12.0 Å². The molecule has 0 amide bonds. The first-order chi connectivity index (χ1) is 6.06. The van der Waals surface area contributed by atoms with Crippen molar-refractivity contribution >= 4 is 20.8 Å².